The number of hydrogen-bond acceptors (Lipinski definition) is 4. The smallest absolute Gasteiger partial charge is 0.224 e. The van der Waals surface area contributed by atoms with Crippen LogP contribution in [-0.2, 0) is 15.3 Å². The topological polar surface area (TPSA) is 18.5 Å². The maximum absolute atomic E-state index is 6.28. The van der Waals surface area contributed by atoms with E-state index in [0.717, 1.165) is 16.0 Å². The van der Waals surface area contributed by atoms with E-state index < -0.39 is 5.79 Å². The van der Waals surface area contributed by atoms with E-state index in [9.17, 15) is 0 Å². The number of rotatable bonds is 5. The summed E-state index contributed by atoms with van der Waals surface area (Å²) in [5.41, 5.74) is 2.14. The van der Waals surface area contributed by atoms with Crippen LogP contribution >= 0.6 is 23.5 Å². The first-order valence-corrected chi connectivity index (χ1v) is 10.6. The van der Waals surface area contributed by atoms with Gasteiger partial charge in [0.25, 0.3) is 0 Å². The Kier molecular flexibility index (Phi) is 5.36. The van der Waals surface area contributed by atoms with Crippen molar-refractivity contribution in [2.45, 2.75) is 20.5 Å². The van der Waals surface area contributed by atoms with Gasteiger partial charge in [0, 0.05) is 25.8 Å². The van der Waals surface area contributed by atoms with Crippen LogP contribution in [0.3, 0.4) is 0 Å². The van der Waals surface area contributed by atoms with Gasteiger partial charge in [0.1, 0.15) is 0 Å². The Labute approximate surface area is 162 Å². The van der Waals surface area contributed by atoms with Crippen LogP contribution in [0.25, 0.3) is 0 Å². The van der Waals surface area contributed by atoms with Crippen LogP contribution in [0.5, 0.6) is 0 Å². The minimum absolute atomic E-state index is 0.590. The maximum atomic E-state index is 6.28. The summed E-state index contributed by atoms with van der Waals surface area (Å²) >= 11 is 3.46. The molecule has 4 heteroatoms. The van der Waals surface area contributed by atoms with E-state index in [4.69, 9.17) is 9.47 Å². The number of hydrogen-bond donors (Lipinski definition) is 0. The molecule has 3 aromatic rings. The molecule has 3 aromatic carbocycles. The summed E-state index contributed by atoms with van der Waals surface area (Å²) in [6.07, 6.45) is 2.09. The molecular formula is C22H20O2S2. The van der Waals surface area contributed by atoms with Crippen LogP contribution in [0.2, 0.25) is 0 Å². The number of ether oxygens (including phenoxy) is 2. The molecule has 0 amide bonds. The van der Waals surface area contributed by atoms with Crippen molar-refractivity contribution in [2.24, 2.45) is 0 Å². The molecule has 0 aliphatic carbocycles. The fraction of sp³-hybridized carbons (Fsp3) is 0.182. The zero-order chi connectivity index (χ0) is 17.8. The molecule has 0 saturated carbocycles. The Morgan fingerprint density at radius 2 is 1.23 bits per heavy atom. The minimum Gasteiger partial charge on any atom is -0.340 e. The van der Waals surface area contributed by atoms with Crippen LogP contribution in [0.4, 0.5) is 0 Å². The normalized spacial score (nSPS) is 15.9. The molecule has 0 radical (unpaired) electrons. The second kappa shape index (κ2) is 7.89. The highest BCUT2D eigenvalue weighted by molar-refractivity contribution is 7.99. The summed E-state index contributed by atoms with van der Waals surface area (Å²) in [4.78, 5) is 3.52. The summed E-state index contributed by atoms with van der Waals surface area (Å²) < 4.78 is 12.6. The molecule has 1 saturated heterocycles. The van der Waals surface area contributed by atoms with Crippen LogP contribution < -0.4 is 0 Å². The zero-order valence-corrected chi connectivity index (χ0v) is 16.2. The highest BCUT2D eigenvalue weighted by Gasteiger charge is 2.43. The maximum Gasteiger partial charge on any atom is 0.224 e. The van der Waals surface area contributed by atoms with Gasteiger partial charge in [-0.1, -0.05) is 66.4 Å². The molecule has 0 unspecified atom stereocenters. The van der Waals surface area contributed by atoms with Crippen molar-refractivity contribution in [3.05, 3.63) is 90.0 Å². The summed E-state index contributed by atoms with van der Waals surface area (Å²) in [6, 6.07) is 27.1. The Bertz CT molecular complexity index is 874. The molecule has 1 aliphatic heterocycles. The van der Waals surface area contributed by atoms with E-state index in [1.54, 1.807) is 23.5 Å². The lowest BCUT2D eigenvalue weighted by molar-refractivity contribution is -0.133. The van der Waals surface area contributed by atoms with Gasteiger partial charge in [-0.15, -0.1) is 11.8 Å². The van der Waals surface area contributed by atoms with Crippen molar-refractivity contribution in [3.8, 4) is 0 Å². The third-order valence-electron chi connectivity index (χ3n) is 4.37. The summed E-state index contributed by atoms with van der Waals surface area (Å²) in [5, 5.41) is 0. The molecule has 0 atom stereocenters. The van der Waals surface area contributed by atoms with E-state index in [1.807, 2.05) is 6.07 Å². The largest absolute Gasteiger partial charge is 0.340 e. The second-order valence-corrected chi connectivity index (χ2v) is 7.89. The third kappa shape index (κ3) is 3.30. The monoisotopic (exact) mass is 380 g/mol. The molecule has 0 bridgehead atoms. The average molecular weight is 381 g/mol. The molecular weight excluding hydrogens is 360 g/mol. The Balaban J connectivity index is 1.84. The molecule has 0 aromatic heterocycles. The van der Waals surface area contributed by atoms with Crippen molar-refractivity contribution >= 4 is 23.5 Å². The van der Waals surface area contributed by atoms with Crippen molar-refractivity contribution in [1.29, 1.82) is 0 Å². The average Bonchev–Trinajstić information content (AvgIpc) is 3.20. The van der Waals surface area contributed by atoms with Gasteiger partial charge in [0.2, 0.25) is 5.79 Å². The van der Waals surface area contributed by atoms with Crippen molar-refractivity contribution in [2.75, 3.05) is 19.5 Å². The molecule has 26 heavy (non-hydrogen) atoms. The van der Waals surface area contributed by atoms with Gasteiger partial charge < -0.3 is 9.47 Å². The molecule has 4 rings (SSSR count). The quantitative estimate of drug-likeness (QED) is 0.520. The molecule has 2 nitrogen and oxygen atoms in total. The zero-order valence-electron chi connectivity index (χ0n) is 14.6. The van der Waals surface area contributed by atoms with E-state index >= 15 is 0 Å². The number of thioether (sulfide) groups is 1. The van der Waals surface area contributed by atoms with Gasteiger partial charge in [0.15, 0.2) is 0 Å². The van der Waals surface area contributed by atoms with E-state index in [2.05, 4.69) is 79.1 Å². The fourth-order valence-electron chi connectivity index (χ4n) is 3.23. The van der Waals surface area contributed by atoms with Gasteiger partial charge >= 0.3 is 0 Å². The predicted octanol–water partition coefficient (Wildman–Crippen LogP) is 5.81. The summed E-state index contributed by atoms with van der Waals surface area (Å²) in [6.45, 7) is 1.18. The minimum atomic E-state index is -0.849. The molecule has 1 heterocycles. The Morgan fingerprint density at radius 3 is 1.88 bits per heavy atom. The molecule has 0 spiro atoms. The van der Waals surface area contributed by atoms with Crippen LogP contribution in [0.15, 0.2) is 93.5 Å². The second-order valence-electron chi connectivity index (χ2n) is 5.93. The predicted molar refractivity (Wildman–Crippen MR) is 108 cm³/mol. The van der Waals surface area contributed by atoms with E-state index in [-0.39, 0.29) is 0 Å². The molecule has 132 valence electrons. The van der Waals surface area contributed by atoms with Crippen molar-refractivity contribution < 1.29 is 9.47 Å². The molecule has 0 N–H and O–H groups in total. The summed E-state index contributed by atoms with van der Waals surface area (Å²) in [7, 11) is 0. The highest BCUT2D eigenvalue weighted by atomic mass is 32.2. The van der Waals surface area contributed by atoms with Crippen LogP contribution in [0.1, 0.15) is 11.1 Å². The van der Waals surface area contributed by atoms with Gasteiger partial charge in [-0.25, -0.2) is 0 Å². The van der Waals surface area contributed by atoms with Crippen molar-refractivity contribution in [1.82, 2.24) is 0 Å². The van der Waals surface area contributed by atoms with Gasteiger partial charge in [0.05, 0.1) is 13.2 Å². The Morgan fingerprint density at radius 1 is 0.692 bits per heavy atom. The van der Waals surface area contributed by atoms with Crippen LogP contribution in [0, 0.1) is 0 Å². The van der Waals surface area contributed by atoms with E-state index in [0.29, 0.717) is 13.2 Å². The lowest BCUT2D eigenvalue weighted by Gasteiger charge is -2.31. The summed E-state index contributed by atoms with van der Waals surface area (Å²) in [5.74, 6) is -0.849. The molecule has 1 aliphatic rings. The van der Waals surface area contributed by atoms with Gasteiger partial charge in [-0.05, 0) is 30.5 Å². The lowest BCUT2D eigenvalue weighted by atomic mass is 9.97. The lowest BCUT2D eigenvalue weighted by Crippen LogP contribution is -2.30. The Hall–Kier alpha value is -1.72. The molecule has 1 fully saturated rings. The first-order chi connectivity index (χ1) is 12.8. The first kappa shape index (κ1) is 17.7. The third-order valence-corrected chi connectivity index (χ3v) is 6.25. The standard InChI is InChI=1S/C22H20O2S2/c1-25-20-13-7-5-11-18(20)22(23-15-16-24-22)19-12-6-8-14-21(19)26-17-9-3-2-4-10-17/h2-14H,15-16H2,1H3. The SMILES string of the molecule is CSc1ccccc1C1(c2ccccc2Sc2ccccc2)OCCO1. The fourth-order valence-corrected chi connectivity index (χ4v) is 4.87. The number of benzene rings is 3. The first-order valence-electron chi connectivity index (χ1n) is 8.57. The van der Waals surface area contributed by atoms with Crippen molar-refractivity contribution in [3.63, 3.8) is 0 Å². The van der Waals surface area contributed by atoms with Crippen LogP contribution in [-0.4, -0.2) is 19.5 Å². The van der Waals surface area contributed by atoms with Gasteiger partial charge in [-0.2, -0.15) is 0 Å². The van der Waals surface area contributed by atoms with E-state index in [1.165, 1.54) is 9.79 Å². The van der Waals surface area contributed by atoms with Gasteiger partial charge in [-0.3, -0.25) is 0 Å². The highest BCUT2D eigenvalue weighted by Crippen LogP contribution is 2.46.